The van der Waals surface area contributed by atoms with E-state index in [4.69, 9.17) is 4.74 Å². The lowest BCUT2D eigenvalue weighted by Gasteiger charge is -2.18. The molecule has 0 heterocycles. The van der Waals surface area contributed by atoms with Crippen molar-refractivity contribution in [2.24, 2.45) is 0 Å². The largest absolute Gasteiger partial charge is 0.449 e. The van der Waals surface area contributed by atoms with E-state index in [0.29, 0.717) is 11.5 Å². The fraction of sp³-hybridized carbons (Fsp3) is 0.333. The minimum Gasteiger partial charge on any atom is -0.449 e. The van der Waals surface area contributed by atoms with Crippen LogP contribution in [0, 0.1) is 6.92 Å². The molecule has 4 heteroatoms. The van der Waals surface area contributed by atoms with Gasteiger partial charge in [0.1, 0.15) is 0 Å². The van der Waals surface area contributed by atoms with Crippen molar-refractivity contribution in [3.8, 4) is 0 Å². The van der Waals surface area contributed by atoms with E-state index in [0.717, 1.165) is 23.2 Å². The molecule has 2 rings (SSSR count). The van der Waals surface area contributed by atoms with Crippen LogP contribution in [0.3, 0.4) is 0 Å². The average molecular weight is 339 g/mol. The van der Waals surface area contributed by atoms with Crippen LogP contribution in [0.4, 0.5) is 5.69 Å². The van der Waals surface area contributed by atoms with Gasteiger partial charge >= 0.3 is 5.97 Å². The predicted molar refractivity (Wildman–Crippen MR) is 99.8 cm³/mol. The van der Waals surface area contributed by atoms with E-state index < -0.39 is 12.1 Å². The number of ether oxygens (including phenoxy) is 1. The maximum Gasteiger partial charge on any atom is 0.338 e. The summed E-state index contributed by atoms with van der Waals surface area (Å²) >= 11 is 0. The smallest absolute Gasteiger partial charge is 0.338 e. The third-order valence-electron chi connectivity index (χ3n) is 4.27. The molecular formula is C21H25NO3. The number of carbonyl (C=O) groups is 2. The van der Waals surface area contributed by atoms with Gasteiger partial charge in [0.2, 0.25) is 0 Å². The molecule has 2 aromatic carbocycles. The Morgan fingerprint density at radius 3 is 2.48 bits per heavy atom. The minimum absolute atomic E-state index is 0.335. The first-order chi connectivity index (χ1) is 11.9. The zero-order chi connectivity index (χ0) is 18.4. The second-order valence-electron chi connectivity index (χ2n) is 6.30. The van der Waals surface area contributed by atoms with Crippen molar-refractivity contribution in [1.29, 1.82) is 0 Å². The van der Waals surface area contributed by atoms with E-state index in [1.165, 1.54) is 0 Å². The molecule has 1 amide bonds. The number of esters is 1. The topological polar surface area (TPSA) is 55.4 Å². The van der Waals surface area contributed by atoms with Crippen LogP contribution in [0.2, 0.25) is 0 Å². The summed E-state index contributed by atoms with van der Waals surface area (Å²) in [6.07, 6.45) is 0.100. The van der Waals surface area contributed by atoms with Gasteiger partial charge in [-0.2, -0.15) is 0 Å². The molecule has 1 N–H and O–H groups in total. The average Bonchev–Trinajstić information content (AvgIpc) is 2.61. The zero-order valence-electron chi connectivity index (χ0n) is 15.2. The highest BCUT2D eigenvalue weighted by atomic mass is 16.5. The first-order valence-corrected chi connectivity index (χ1v) is 8.59. The van der Waals surface area contributed by atoms with Crippen molar-refractivity contribution in [2.45, 2.75) is 46.1 Å². The van der Waals surface area contributed by atoms with Crippen molar-refractivity contribution in [3.63, 3.8) is 0 Å². The van der Waals surface area contributed by atoms with Gasteiger partial charge in [-0.1, -0.05) is 49.7 Å². The molecule has 132 valence electrons. The van der Waals surface area contributed by atoms with Crippen molar-refractivity contribution < 1.29 is 14.3 Å². The number of hydrogen-bond donors (Lipinski definition) is 1. The lowest BCUT2D eigenvalue weighted by atomic mass is 9.97. The Labute approximate surface area is 149 Å². The Hall–Kier alpha value is -2.62. The predicted octanol–water partition coefficient (Wildman–Crippen LogP) is 4.69. The van der Waals surface area contributed by atoms with Gasteiger partial charge in [-0.3, -0.25) is 4.79 Å². The van der Waals surface area contributed by atoms with Crippen molar-refractivity contribution >= 4 is 17.6 Å². The van der Waals surface area contributed by atoms with E-state index >= 15 is 0 Å². The van der Waals surface area contributed by atoms with Crippen LogP contribution in [0.15, 0.2) is 48.5 Å². The monoisotopic (exact) mass is 339 g/mol. The Morgan fingerprint density at radius 2 is 1.80 bits per heavy atom. The number of hydrogen-bond acceptors (Lipinski definition) is 3. The molecule has 0 unspecified atom stereocenters. The third kappa shape index (κ3) is 4.92. The zero-order valence-corrected chi connectivity index (χ0v) is 15.2. The van der Waals surface area contributed by atoms with Gasteiger partial charge in [0.05, 0.1) is 5.56 Å². The van der Waals surface area contributed by atoms with E-state index in [9.17, 15) is 9.59 Å². The van der Waals surface area contributed by atoms with E-state index in [1.807, 2.05) is 37.3 Å². The van der Waals surface area contributed by atoms with Crippen LogP contribution in [-0.4, -0.2) is 18.0 Å². The maximum atomic E-state index is 12.4. The van der Waals surface area contributed by atoms with E-state index in [2.05, 4.69) is 19.2 Å². The first kappa shape index (κ1) is 18.7. The van der Waals surface area contributed by atoms with Crippen molar-refractivity contribution in [2.75, 3.05) is 5.32 Å². The highest BCUT2D eigenvalue weighted by molar-refractivity contribution is 5.97. The van der Waals surface area contributed by atoms with Gasteiger partial charge in [0, 0.05) is 5.69 Å². The molecule has 0 aliphatic rings. The van der Waals surface area contributed by atoms with E-state index in [1.54, 1.807) is 25.1 Å². The standard InChI is InChI=1S/C21H25NO3/c1-5-15(3)18-11-6-7-12-19(18)22-20(23)16(4)25-21(24)17-10-8-9-14(2)13-17/h6-13,15-16H,5H2,1-4H3,(H,22,23)/t15-,16+/m1/s1. The number of carbonyl (C=O) groups excluding carboxylic acids is 2. The SMILES string of the molecule is CC[C@@H](C)c1ccccc1NC(=O)[C@H](C)OC(=O)c1cccc(C)c1. The summed E-state index contributed by atoms with van der Waals surface area (Å²) in [4.78, 5) is 24.6. The summed E-state index contributed by atoms with van der Waals surface area (Å²) in [5.74, 6) is -0.500. The first-order valence-electron chi connectivity index (χ1n) is 8.59. The summed E-state index contributed by atoms with van der Waals surface area (Å²) in [5, 5.41) is 2.88. The van der Waals surface area contributed by atoms with Gasteiger partial charge in [0.15, 0.2) is 6.10 Å². The van der Waals surface area contributed by atoms with Crippen LogP contribution >= 0.6 is 0 Å². The molecule has 0 aliphatic heterocycles. The quantitative estimate of drug-likeness (QED) is 0.777. The second kappa shape index (κ2) is 8.47. The molecule has 0 aromatic heterocycles. The molecule has 2 aromatic rings. The Balaban J connectivity index is 2.05. The van der Waals surface area contributed by atoms with E-state index in [-0.39, 0.29) is 5.91 Å². The Morgan fingerprint density at radius 1 is 1.08 bits per heavy atom. The minimum atomic E-state index is -0.877. The normalized spacial score (nSPS) is 13.0. The van der Waals surface area contributed by atoms with Crippen LogP contribution in [0.5, 0.6) is 0 Å². The lowest BCUT2D eigenvalue weighted by molar-refractivity contribution is -0.123. The molecule has 4 nitrogen and oxygen atoms in total. The number of amides is 1. The fourth-order valence-corrected chi connectivity index (χ4v) is 2.55. The molecule has 0 aliphatic carbocycles. The maximum absolute atomic E-state index is 12.4. The number of aryl methyl sites for hydroxylation is 1. The van der Waals surface area contributed by atoms with Crippen LogP contribution in [0.25, 0.3) is 0 Å². The number of benzene rings is 2. The van der Waals surface area contributed by atoms with Crippen LogP contribution in [-0.2, 0) is 9.53 Å². The molecule has 0 saturated carbocycles. The lowest BCUT2D eigenvalue weighted by Crippen LogP contribution is -2.30. The van der Waals surface area contributed by atoms with Crippen LogP contribution in [0.1, 0.15) is 54.6 Å². The van der Waals surface area contributed by atoms with Gasteiger partial charge in [-0.05, 0) is 49.9 Å². The Bertz CT molecular complexity index is 754. The Kier molecular flexibility index (Phi) is 6.34. The molecule has 0 spiro atoms. The summed E-state index contributed by atoms with van der Waals surface area (Å²) in [5.41, 5.74) is 3.25. The van der Waals surface area contributed by atoms with Gasteiger partial charge in [-0.15, -0.1) is 0 Å². The van der Waals surface area contributed by atoms with Gasteiger partial charge < -0.3 is 10.1 Å². The van der Waals surface area contributed by atoms with Crippen molar-refractivity contribution in [3.05, 3.63) is 65.2 Å². The van der Waals surface area contributed by atoms with Crippen molar-refractivity contribution in [1.82, 2.24) is 0 Å². The molecule has 0 fully saturated rings. The second-order valence-corrected chi connectivity index (χ2v) is 6.30. The van der Waals surface area contributed by atoms with Gasteiger partial charge in [-0.25, -0.2) is 4.79 Å². The summed E-state index contributed by atoms with van der Waals surface area (Å²) in [6, 6.07) is 14.8. The third-order valence-corrected chi connectivity index (χ3v) is 4.27. The van der Waals surface area contributed by atoms with Crippen LogP contribution < -0.4 is 5.32 Å². The number of para-hydroxylation sites is 1. The molecule has 0 bridgehead atoms. The number of nitrogens with one attached hydrogen (secondary N) is 1. The fourth-order valence-electron chi connectivity index (χ4n) is 2.55. The van der Waals surface area contributed by atoms with Gasteiger partial charge in [0.25, 0.3) is 5.91 Å². The summed E-state index contributed by atoms with van der Waals surface area (Å²) in [6.45, 7) is 7.70. The molecule has 25 heavy (non-hydrogen) atoms. The number of anilines is 1. The molecule has 2 atom stereocenters. The summed E-state index contributed by atoms with van der Waals surface area (Å²) < 4.78 is 5.30. The molecular weight excluding hydrogens is 314 g/mol. The summed E-state index contributed by atoms with van der Waals surface area (Å²) in [7, 11) is 0. The highest BCUT2D eigenvalue weighted by Gasteiger charge is 2.20. The molecule has 0 radical (unpaired) electrons. The molecule has 0 saturated heterocycles. The number of rotatable bonds is 6. The highest BCUT2D eigenvalue weighted by Crippen LogP contribution is 2.26.